The second-order valence-electron chi connectivity index (χ2n) is 3.34. The van der Waals surface area contributed by atoms with Crippen molar-refractivity contribution in [3.63, 3.8) is 0 Å². The Hall–Kier alpha value is -0.610. The van der Waals surface area contributed by atoms with Crippen LogP contribution >= 0.6 is 0 Å². The summed E-state index contributed by atoms with van der Waals surface area (Å²) in [6, 6.07) is 0. The van der Waals surface area contributed by atoms with E-state index >= 15 is 0 Å². The van der Waals surface area contributed by atoms with Gasteiger partial charge in [0, 0.05) is 20.1 Å². The number of hydrogen-bond acceptors (Lipinski definition) is 4. The molecule has 0 heterocycles. The van der Waals surface area contributed by atoms with E-state index in [0.29, 0.717) is 0 Å². The Kier molecular flexibility index (Phi) is 2.93. The zero-order valence-corrected chi connectivity index (χ0v) is 8.49. The van der Waals surface area contributed by atoms with Gasteiger partial charge in [-0.3, -0.25) is 4.79 Å². The first-order chi connectivity index (χ1) is 6.12. The highest BCUT2D eigenvalue weighted by Gasteiger charge is 2.58. The fourth-order valence-corrected chi connectivity index (χ4v) is 2.04. The highest BCUT2D eigenvalue weighted by molar-refractivity contribution is 5.75. The summed E-state index contributed by atoms with van der Waals surface area (Å²) in [6.45, 7) is 1.99. The summed E-state index contributed by atoms with van der Waals surface area (Å²) >= 11 is 0. The Morgan fingerprint density at radius 3 is 2.15 bits per heavy atom. The second-order valence-corrected chi connectivity index (χ2v) is 3.34. The summed E-state index contributed by atoms with van der Waals surface area (Å²) in [7, 11) is 4.48. The zero-order valence-electron chi connectivity index (χ0n) is 8.49. The smallest absolute Gasteiger partial charge is 0.314 e. The molecule has 0 saturated heterocycles. The van der Waals surface area contributed by atoms with E-state index in [1.165, 1.54) is 7.11 Å². The molecule has 4 nitrogen and oxygen atoms in total. The van der Waals surface area contributed by atoms with Crippen molar-refractivity contribution in [2.45, 2.75) is 19.1 Å². The number of hydrogen-bond donors (Lipinski definition) is 0. The quantitative estimate of drug-likeness (QED) is 0.485. The molecule has 76 valence electrons. The molecule has 4 heteroatoms. The molecule has 0 aliphatic heterocycles. The third-order valence-electron chi connectivity index (χ3n) is 2.89. The van der Waals surface area contributed by atoms with Crippen LogP contribution in [0.1, 0.15) is 13.3 Å². The van der Waals surface area contributed by atoms with Gasteiger partial charge >= 0.3 is 5.97 Å². The van der Waals surface area contributed by atoms with Gasteiger partial charge in [0.1, 0.15) is 5.92 Å². The van der Waals surface area contributed by atoms with Crippen LogP contribution in [0.4, 0.5) is 0 Å². The molecule has 1 saturated carbocycles. The van der Waals surface area contributed by atoms with E-state index in [1.807, 2.05) is 6.92 Å². The largest absolute Gasteiger partial charge is 0.469 e. The standard InChI is InChI=1S/C9H16O4/c1-6-5-7(8(10)11-2)9(6,12-3)13-4/h6-7H,5H2,1-4H3/t6-,7-/m1/s1. The minimum atomic E-state index is -0.771. The molecule has 0 N–H and O–H groups in total. The molecule has 13 heavy (non-hydrogen) atoms. The van der Waals surface area contributed by atoms with Gasteiger partial charge < -0.3 is 14.2 Å². The highest BCUT2D eigenvalue weighted by Crippen LogP contribution is 2.47. The van der Waals surface area contributed by atoms with Gasteiger partial charge in [-0.2, -0.15) is 0 Å². The van der Waals surface area contributed by atoms with Crippen molar-refractivity contribution in [1.82, 2.24) is 0 Å². The van der Waals surface area contributed by atoms with E-state index in [2.05, 4.69) is 4.74 Å². The third kappa shape index (κ3) is 1.34. The number of esters is 1. The first kappa shape index (κ1) is 10.5. The molecular formula is C9H16O4. The molecule has 0 amide bonds. The lowest BCUT2D eigenvalue weighted by Crippen LogP contribution is -2.60. The summed E-state index contributed by atoms with van der Waals surface area (Å²) in [5.74, 6) is -1.09. The maximum absolute atomic E-state index is 11.3. The molecule has 1 aliphatic rings. The van der Waals surface area contributed by atoms with Gasteiger partial charge in [-0.25, -0.2) is 0 Å². The zero-order chi connectivity index (χ0) is 10.1. The van der Waals surface area contributed by atoms with Crippen LogP contribution in [-0.4, -0.2) is 33.1 Å². The van der Waals surface area contributed by atoms with Crippen LogP contribution in [0, 0.1) is 11.8 Å². The number of methoxy groups -OCH3 is 3. The molecule has 0 unspecified atom stereocenters. The van der Waals surface area contributed by atoms with Gasteiger partial charge in [-0.15, -0.1) is 0 Å². The van der Waals surface area contributed by atoms with Crippen LogP contribution in [0.3, 0.4) is 0 Å². The highest BCUT2D eigenvalue weighted by atomic mass is 16.7. The first-order valence-electron chi connectivity index (χ1n) is 4.30. The molecule has 0 radical (unpaired) electrons. The van der Waals surface area contributed by atoms with Crippen LogP contribution in [-0.2, 0) is 19.0 Å². The van der Waals surface area contributed by atoms with Crippen LogP contribution in [0.15, 0.2) is 0 Å². The molecule has 0 aromatic heterocycles. The SMILES string of the molecule is COC(=O)[C@H]1C[C@@H](C)C1(OC)OC. The van der Waals surface area contributed by atoms with Gasteiger partial charge in [-0.05, 0) is 6.42 Å². The van der Waals surface area contributed by atoms with Gasteiger partial charge in [0.15, 0.2) is 5.79 Å². The lowest BCUT2D eigenvalue weighted by atomic mass is 9.69. The maximum atomic E-state index is 11.3. The summed E-state index contributed by atoms with van der Waals surface area (Å²) in [5.41, 5.74) is 0. The minimum absolute atomic E-state index is 0.228. The summed E-state index contributed by atoms with van der Waals surface area (Å²) in [5, 5.41) is 0. The Labute approximate surface area is 78.2 Å². The Morgan fingerprint density at radius 2 is 1.85 bits per heavy atom. The van der Waals surface area contributed by atoms with Crippen molar-refractivity contribution in [2.75, 3.05) is 21.3 Å². The van der Waals surface area contributed by atoms with Crippen molar-refractivity contribution in [1.29, 1.82) is 0 Å². The van der Waals surface area contributed by atoms with Crippen molar-refractivity contribution in [3.05, 3.63) is 0 Å². The van der Waals surface area contributed by atoms with E-state index in [0.717, 1.165) is 6.42 Å². The average molecular weight is 188 g/mol. The number of ether oxygens (including phenoxy) is 3. The molecule has 1 aliphatic carbocycles. The molecule has 1 rings (SSSR count). The maximum Gasteiger partial charge on any atom is 0.314 e. The lowest BCUT2D eigenvalue weighted by Gasteiger charge is -2.50. The number of carbonyl (C=O) groups excluding carboxylic acids is 1. The summed E-state index contributed by atoms with van der Waals surface area (Å²) in [4.78, 5) is 11.3. The Balaban J connectivity index is 2.74. The first-order valence-corrected chi connectivity index (χ1v) is 4.30. The van der Waals surface area contributed by atoms with Crippen molar-refractivity contribution in [3.8, 4) is 0 Å². The molecule has 0 aromatic rings. The van der Waals surface area contributed by atoms with Gasteiger partial charge in [-0.1, -0.05) is 6.92 Å². The average Bonchev–Trinajstić information content (AvgIpc) is 2.15. The summed E-state index contributed by atoms with van der Waals surface area (Å²) in [6.07, 6.45) is 0.758. The lowest BCUT2D eigenvalue weighted by molar-refractivity contribution is -0.315. The molecule has 0 spiro atoms. The topological polar surface area (TPSA) is 44.8 Å². The van der Waals surface area contributed by atoms with E-state index in [-0.39, 0.29) is 17.8 Å². The fraction of sp³-hybridized carbons (Fsp3) is 0.889. The third-order valence-corrected chi connectivity index (χ3v) is 2.89. The number of rotatable bonds is 3. The van der Waals surface area contributed by atoms with Crippen LogP contribution in [0.5, 0.6) is 0 Å². The monoisotopic (exact) mass is 188 g/mol. The summed E-state index contributed by atoms with van der Waals surface area (Å²) < 4.78 is 15.2. The van der Waals surface area contributed by atoms with E-state index in [9.17, 15) is 4.79 Å². The van der Waals surface area contributed by atoms with Gasteiger partial charge in [0.05, 0.1) is 7.11 Å². The van der Waals surface area contributed by atoms with Crippen LogP contribution < -0.4 is 0 Å². The second kappa shape index (κ2) is 3.64. The Morgan fingerprint density at radius 1 is 1.31 bits per heavy atom. The normalized spacial score (nSPS) is 30.8. The molecule has 0 aromatic carbocycles. The molecular weight excluding hydrogens is 172 g/mol. The van der Waals surface area contributed by atoms with Crippen LogP contribution in [0.25, 0.3) is 0 Å². The van der Waals surface area contributed by atoms with Gasteiger partial charge in [0.2, 0.25) is 0 Å². The van der Waals surface area contributed by atoms with E-state index < -0.39 is 5.79 Å². The minimum Gasteiger partial charge on any atom is -0.469 e. The van der Waals surface area contributed by atoms with Crippen molar-refractivity contribution >= 4 is 5.97 Å². The van der Waals surface area contributed by atoms with Crippen molar-refractivity contribution < 1.29 is 19.0 Å². The van der Waals surface area contributed by atoms with Crippen molar-refractivity contribution in [2.24, 2.45) is 11.8 Å². The molecule has 2 atom stereocenters. The Bertz CT molecular complexity index is 198. The van der Waals surface area contributed by atoms with E-state index in [4.69, 9.17) is 9.47 Å². The molecule has 0 bridgehead atoms. The number of carbonyl (C=O) groups is 1. The molecule has 1 fully saturated rings. The van der Waals surface area contributed by atoms with Crippen LogP contribution in [0.2, 0.25) is 0 Å². The predicted octanol–water partition coefficient (Wildman–Crippen LogP) is 0.804. The van der Waals surface area contributed by atoms with Gasteiger partial charge in [0.25, 0.3) is 0 Å². The van der Waals surface area contributed by atoms with E-state index in [1.54, 1.807) is 14.2 Å². The predicted molar refractivity (Wildman–Crippen MR) is 46.0 cm³/mol. The fourth-order valence-electron chi connectivity index (χ4n) is 2.04.